The third-order valence-electron chi connectivity index (χ3n) is 4.37. The second-order valence-corrected chi connectivity index (χ2v) is 8.09. The Bertz CT molecular complexity index is 793. The average Bonchev–Trinajstić information content (AvgIpc) is 3.29. The van der Waals surface area contributed by atoms with E-state index < -0.39 is 17.6 Å². The molecule has 1 aromatic heterocycles. The van der Waals surface area contributed by atoms with Gasteiger partial charge in [-0.05, 0) is 42.5 Å². The Hall–Kier alpha value is -1.61. The summed E-state index contributed by atoms with van der Waals surface area (Å²) in [6.45, 7) is 1.76. The lowest BCUT2D eigenvalue weighted by Gasteiger charge is -2.24. The van der Waals surface area contributed by atoms with Crippen molar-refractivity contribution < 1.29 is 22.7 Å². The predicted molar refractivity (Wildman–Crippen MR) is 104 cm³/mol. The van der Waals surface area contributed by atoms with Crippen molar-refractivity contribution in [3.05, 3.63) is 51.2 Å². The molecule has 28 heavy (non-hydrogen) atoms. The number of nitrogens with one attached hydrogen (secondary N) is 1. The highest BCUT2D eigenvalue weighted by atomic mass is 35.5. The van der Waals surface area contributed by atoms with Crippen molar-refractivity contribution in [2.45, 2.75) is 31.7 Å². The summed E-state index contributed by atoms with van der Waals surface area (Å²) in [6, 6.07) is 7.20. The molecule has 1 aliphatic rings. The van der Waals surface area contributed by atoms with E-state index in [4.69, 9.17) is 16.3 Å². The number of hydrogen-bond acceptors (Lipinski definition) is 4. The molecule has 1 unspecified atom stereocenters. The molecule has 1 amide bonds. The zero-order valence-corrected chi connectivity index (χ0v) is 16.5. The second kappa shape index (κ2) is 9.26. The molecule has 1 N–H and O–H groups in total. The summed E-state index contributed by atoms with van der Waals surface area (Å²) < 4.78 is 45.3. The van der Waals surface area contributed by atoms with Crippen molar-refractivity contribution in [1.82, 2.24) is 4.90 Å². The smallest absolute Gasteiger partial charge is 0.377 e. The van der Waals surface area contributed by atoms with Gasteiger partial charge in [-0.3, -0.25) is 9.69 Å². The topological polar surface area (TPSA) is 41.6 Å². The first-order valence-electron chi connectivity index (χ1n) is 8.84. The van der Waals surface area contributed by atoms with Gasteiger partial charge in [-0.2, -0.15) is 13.2 Å². The van der Waals surface area contributed by atoms with Crippen LogP contribution in [-0.4, -0.2) is 36.6 Å². The quantitative estimate of drug-likeness (QED) is 0.666. The van der Waals surface area contributed by atoms with Crippen LogP contribution in [-0.2, 0) is 22.3 Å². The van der Waals surface area contributed by atoms with Crippen molar-refractivity contribution >= 4 is 34.5 Å². The number of thiophene rings is 1. The fraction of sp³-hybridized carbons (Fsp3) is 0.421. The maximum atomic E-state index is 13.2. The van der Waals surface area contributed by atoms with Crippen molar-refractivity contribution in [3.63, 3.8) is 0 Å². The number of hydrogen-bond donors (Lipinski definition) is 1. The number of alkyl halides is 3. The minimum Gasteiger partial charge on any atom is -0.377 e. The molecule has 4 nitrogen and oxygen atoms in total. The monoisotopic (exact) mass is 432 g/mol. The molecule has 1 saturated heterocycles. The van der Waals surface area contributed by atoms with Crippen LogP contribution in [0.2, 0.25) is 5.02 Å². The van der Waals surface area contributed by atoms with Gasteiger partial charge in [-0.15, -0.1) is 11.3 Å². The molecule has 1 fully saturated rings. The number of ether oxygens (including phenoxy) is 1. The number of anilines is 1. The molecule has 2 heterocycles. The maximum Gasteiger partial charge on any atom is 0.418 e. The van der Waals surface area contributed by atoms with Crippen LogP contribution in [0.5, 0.6) is 0 Å². The molecule has 1 atom stereocenters. The fourth-order valence-electron chi connectivity index (χ4n) is 3.14. The van der Waals surface area contributed by atoms with Crippen LogP contribution in [0.3, 0.4) is 0 Å². The number of halogens is 4. The Morgan fingerprint density at radius 3 is 2.82 bits per heavy atom. The van der Waals surface area contributed by atoms with Gasteiger partial charge in [0.25, 0.3) is 0 Å². The number of amides is 1. The summed E-state index contributed by atoms with van der Waals surface area (Å²) in [7, 11) is 0. The molecule has 9 heteroatoms. The first kappa shape index (κ1) is 21.1. The number of benzene rings is 1. The highest BCUT2D eigenvalue weighted by Gasteiger charge is 2.34. The van der Waals surface area contributed by atoms with Gasteiger partial charge < -0.3 is 10.1 Å². The minimum atomic E-state index is -4.61. The van der Waals surface area contributed by atoms with Crippen LogP contribution in [0.15, 0.2) is 35.7 Å². The molecule has 2 aromatic rings. The lowest BCUT2D eigenvalue weighted by atomic mass is 10.1. The standard InChI is InChI=1S/C19H20ClF3N2O2S/c20-13-5-6-17(16(9-13)19(21,22)23)24-18(26)12-25(10-14-3-1-7-27-14)11-15-4-2-8-28-15/h2,4-6,8-9,14H,1,3,7,10-12H2,(H,24,26). The summed E-state index contributed by atoms with van der Waals surface area (Å²) >= 11 is 7.25. The van der Waals surface area contributed by atoms with Crippen molar-refractivity contribution in [1.29, 1.82) is 0 Å². The van der Waals surface area contributed by atoms with Crippen LogP contribution in [0, 0.1) is 0 Å². The van der Waals surface area contributed by atoms with E-state index in [-0.39, 0.29) is 23.4 Å². The number of nitrogens with zero attached hydrogens (tertiary/aromatic N) is 1. The molecule has 0 spiro atoms. The van der Waals surface area contributed by atoms with E-state index in [1.54, 1.807) is 11.3 Å². The molecular formula is C19H20ClF3N2O2S. The maximum absolute atomic E-state index is 13.2. The van der Waals surface area contributed by atoms with Crippen LogP contribution < -0.4 is 5.32 Å². The van der Waals surface area contributed by atoms with Gasteiger partial charge >= 0.3 is 6.18 Å². The summed E-state index contributed by atoms with van der Waals surface area (Å²) in [5.74, 6) is -0.512. The average molecular weight is 433 g/mol. The zero-order chi connectivity index (χ0) is 20.1. The van der Waals surface area contributed by atoms with E-state index in [1.807, 2.05) is 22.4 Å². The van der Waals surface area contributed by atoms with Crippen LogP contribution >= 0.6 is 22.9 Å². The summed E-state index contributed by atoms with van der Waals surface area (Å²) in [5.41, 5.74) is -1.26. The molecule has 0 aliphatic carbocycles. The number of rotatable bonds is 7. The fourth-order valence-corrected chi connectivity index (χ4v) is 4.06. The van der Waals surface area contributed by atoms with E-state index in [1.165, 1.54) is 12.1 Å². The second-order valence-electron chi connectivity index (χ2n) is 6.62. The number of carbonyl (C=O) groups is 1. The number of carbonyl (C=O) groups excluding carboxylic acids is 1. The molecule has 0 bridgehead atoms. The first-order valence-corrected chi connectivity index (χ1v) is 10.1. The molecular weight excluding hydrogens is 413 g/mol. The largest absolute Gasteiger partial charge is 0.418 e. The Morgan fingerprint density at radius 1 is 1.36 bits per heavy atom. The normalized spacial score (nSPS) is 17.2. The first-order chi connectivity index (χ1) is 13.3. The lowest BCUT2D eigenvalue weighted by Crippen LogP contribution is -2.38. The van der Waals surface area contributed by atoms with Gasteiger partial charge in [-0.1, -0.05) is 17.7 Å². The van der Waals surface area contributed by atoms with Gasteiger partial charge in [0, 0.05) is 29.6 Å². The van der Waals surface area contributed by atoms with Gasteiger partial charge in [0.15, 0.2) is 0 Å². The molecule has 0 saturated carbocycles. The van der Waals surface area contributed by atoms with Crippen LogP contribution in [0.4, 0.5) is 18.9 Å². The van der Waals surface area contributed by atoms with Gasteiger partial charge in [-0.25, -0.2) is 0 Å². The van der Waals surface area contributed by atoms with E-state index in [0.717, 1.165) is 23.8 Å². The van der Waals surface area contributed by atoms with E-state index >= 15 is 0 Å². The highest BCUT2D eigenvalue weighted by Crippen LogP contribution is 2.36. The van der Waals surface area contributed by atoms with Crippen molar-refractivity contribution in [2.75, 3.05) is 25.0 Å². The Labute approximate surface area is 170 Å². The Morgan fingerprint density at radius 2 is 2.18 bits per heavy atom. The van der Waals surface area contributed by atoms with E-state index in [2.05, 4.69) is 5.32 Å². The lowest BCUT2D eigenvalue weighted by molar-refractivity contribution is -0.137. The Balaban J connectivity index is 1.69. The third kappa shape index (κ3) is 5.94. The summed E-state index contributed by atoms with van der Waals surface area (Å²) in [6.07, 6.45) is -2.68. The van der Waals surface area contributed by atoms with Gasteiger partial charge in [0.2, 0.25) is 5.91 Å². The van der Waals surface area contributed by atoms with Gasteiger partial charge in [0.1, 0.15) is 0 Å². The highest BCUT2D eigenvalue weighted by molar-refractivity contribution is 7.09. The molecule has 3 rings (SSSR count). The van der Waals surface area contributed by atoms with Crippen molar-refractivity contribution in [3.8, 4) is 0 Å². The van der Waals surface area contributed by atoms with Gasteiger partial charge in [0.05, 0.1) is 23.9 Å². The van der Waals surface area contributed by atoms with E-state index in [0.29, 0.717) is 19.7 Å². The molecule has 0 radical (unpaired) electrons. The minimum absolute atomic E-state index is 0.0301. The zero-order valence-electron chi connectivity index (χ0n) is 15.0. The summed E-state index contributed by atoms with van der Waals surface area (Å²) in [5, 5.41) is 4.29. The third-order valence-corrected chi connectivity index (χ3v) is 5.47. The molecule has 1 aromatic carbocycles. The van der Waals surface area contributed by atoms with Crippen LogP contribution in [0.25, 0.3) is 0 Å². The van der Waals surface area contributed by atoms with Crippen molar-refractivity contribution in [2.24, 2.45) is 0 Å². The predicted octanol–water partition coefficient (Wildman–Crippen LogP) is 5.04. The molecule has 1 aliphatic heterocycles. The van der Waals surface area contributed by atoms with E-state index in [9.17, 15) is 18.0 Å². The Kier molecular flexibility index (Phi) is 6.98. The molecule has 152 valence electrons. The SMILES string of the molecule is O=C(CN(Cc1cccs1)CC1CCCO1)Nc1ccc(Cl)cc1C(F)(F)F. The van der Waals surface area contributed by atoms with Crippen LogP contribution in [0.1, 0.15) is 23.3 Å². The summed E-state index contributed by atoms with van der Waals surface area (Å²) in [4.78, 5) is 15.5.